The predicted octanol–water partition coefficient (Wildman–Crippen LogP) is 0.816. The molecule has 0 N–H and O–H groups in total. The number of nitrogens with zero attached hydrogens (tertiary/aromatic N) is 4. The van der Waals surface area contributed by atoms with Crippen molar-refractivity contribution in [2.24, 2.45) is 20.7 Å². The van der Waals surface area contributed by atoms with Gasteiger partial charge in [0.1, 0.15) is 0 Å². The van der Waals surface area contributed by atoms with Gasteiger partial charge in [-0.15, -0.1) is 10.2 Å². The van der Waals surface area contributed by atoms with Gasteiger partial charge in [0.15, 0.2) is 0 Å². The molecule has 24 valence electrons. The fourth-order valence-electron chi connectivity index (χ4n) is 0.100. The topological polar surface area (TPSA) is 49.4 Å². The third-order valence-electron chi connectivity index (χ3n) is 0.219. The molecule has 1 aliphatic rings. The van der Waals surface area contributed by atoms with Crippen LogP contribution >= 0.6 is 0 Å². The van der Waals surface area contributed by atoms with Crippen molar-refractivity contribution in [2.75, 3.05) is 0 Å². The van der Waals surface area contributed by atoms with Gasteiger partial charge in [0.2, 0.25) is 0 Å². The van der Waals surface area contributed by atoms with E-state index < -0.39 is 0 Å². The Morgan fingerprint density at radius 3 is 1.80 bits per heavy atom. The van der Waals surface area contributed by atoms with E-state index in [-0.39, 0.29) is 0 Å². The summed E-state index contributed by atoms with van der Waals surface area (Å²) in [5.41, 5.74) is 0. The second-order valence-electron chi connectivity index (χ2n) is 0.479. The fraction of sp³-hybridized carbons (Fsp3) is 0. The molecule has 5 heavy (non-hydrogen) atoms. The smallest absolute Gasteiger partial charge is 0.124 e. The molecule has 0 amide bonds. The lowest BCUT2D eigenvalue weighted by Gasteiger charge is -1.46. The predicted molar refractivity (Wildman–Crippen MR) is 13.0 cm³/mol. The quantitative estimate of drug-likeness (QED) is 0.403. The molecule has 0 atom stereocenters. The minimum atomic E-state index is 2.14. The van der Waals surface area contributed by atoms with Crippen molar-refractivity contribution in [3.8, 4) is 0 Å². The third kappa shape index (κ3) is 0.261. The van der Waals surface area contributed by atoms with E-state index in [9.17, 15) is 0 Å². The molecular formula is CN4. The first kappa shape index (κ1) is 2.44. The van der Waals surface area contributed by atoms with Gasteiger partial charge in [-0.2, -0.15) is 0 Å². The van der Waals surface area contributed by atoms with Gasteiger partial charge in [0, 0.05) is 0 Å². The molecule has 4 nitrogen and oxygen atoms in total. The Hall–Kier alpha value is -0.800. The van der Waals surface area contributed by atoms with Crippen molar-refractivity contribution in [2.45, 2.75) is 0 Å². The van der Waals surface area contributed by atoms with Crippen LogP contribution in [-0.2, 0) is 0 Å². The molecule has 0 bridgehead atoms. The summed E-state index contributed by atoms with van der Waals surface area (Å²) in [7, 11) is 0. The first-order valence-electron chi connectivity index (χ1n) is 1.05. The molecule has 2 radical (unpaired) electrons. The zero-order valence-corrected chi connectivity index (χ0v) is 2.29. The Morgan fingerprint density at radius 1 is 1.00 bits per heavy atom. The molecule has 0 saturated heterocycles. The van der Waals surface area contributed by atoms with Gasteiger partial charge in [-0.05, 0) is 10.4 Å². The van der Waals surface area contributed by atoms with Gasteiger partial charge in [0.05, 0.1) is 0 Å². The second-order valence-corrected chi connectivity index (χ2v) is 0.479. The second kappa shape index (κ2) is 0.878. The number of hydrogen-bond acceptors (Lipinski definition) is 4. The summed E-state index contributed by atoms with van der Waals surface area (Å²) in [4.78, 5) is 0. The lowest BCUT2D eigenvalue weighted by molar-refractivity contribution is 1.06. The van der Waals surface area contributed by atoms with Crippen LogP contribution in [-0.4, -0.2) is 0 Å². The van der Waals surface area contributed by atoms with Crippen molar-refractivity contribution in [1.82, 2.24) is 0 Å². The molecule has 0 fully saturated rings. The fourth-order valence-corrected chi connectivity index (χ4v) is 0.100. The average Bonchev–Trinajstić information content (AvgIpc) is 1.76. The summed E-state index contributed by atoms with van der Waals surface area (Å²) in [5.74, 6) is 0. The first-order valence-corrected chi connectivity index (χ1v) is 1.05. The maximum atomic E-state index is 3.12. The van der Waals surface area contributed by atoms with Crippen molar-refractivity contribution in [3.05, 3.63) is 6.67 Å². The van der Waals surface area contributed by atoms with E-state index in [1.54, 1.807) is 0 Å². The van der Waals surface area contributed by atoms with Gasteiger partial charge in [-0.3, -0.25) is 0 Å². The third-order valence-corrected chi connectivity index (χ3v) is 0.219. The summed E-state index contributed by atoms with van der Waals surface area (Å²) in [6, 6.07) is 0. The molecule has 0 aromatic rings. The molecule has 1 aliphatic heterocycles. The SMILES string of the molecule is [C]1N=NN=N1. The maximum Gasteiger partial charge on any atom is 0.301 e. The van der Waals surface area contributed by atoms with Gasteiger partial charge >= 0.3 is 6.67 Å². The van der Waals surface area contributed by atoms with Crippen LogP contribution in [0.5, 0.6) is 0 Å². The van der Waals surface area contributed by atoms with E-state index in [2.05, 4.69) is 27.3 Å². The molecular weight excluding hydrogens is 68.0 g/mol. The van der Waals surface area contributed by atoms with Crippen LogP contribution in [0.1, 0.15) is 0 Å². The lowest BCUT2D eigenvalue weighted by atomic mass is 11.2. The maximum absolute atomic E-state index is 3.12. The molecule has 0 unspecified atom stereocenters. The van der Waals surface area contributed by atoms with Crippen LogP contribution in [0.3, 0.4) is 0 Å². The zero-order chi connectivity index (χ0) is 3.54. The molecule has 0 spiro atoms. The van der Waals surface area contributed by atoms with Crippen LogP contribution in [0.4, 0.5) is 0 Å². The molecule has 0 aromatic carbocycles. The van der Waals surface area contributed by atoms with Crippen LogP contribution in [0.2, 0.25) is 0 Å². The van der Waals surface area contributed by atoms with Crippen LogP contribution < -0.4 is 0 Å². The Morgan fingerprint density at radius 2 is 1.60 bits per heavy atom. The Kier molecular flexibility index (Phi) is 0.428. The van der Waals surface area contributed by atoms with Crippen LogP contribution in [0.25, 0.3) is 0 Å². The molecule has 1 heterocycles. The van der Waals surface area contributed by atoms with E-state index >= 15 is 0 Å². The molecule has 0 saturated carbocycles. The van der Waals surface area contributed by atoms with Crippen LogP contribution in [0, 0.1) is 6.67 Å². The summed E-state index contributed by atoms with van der Waals surface area (Å²) >= 11 is 0. The van der Waals surface area contributed by atoms with E-state index in [1.165, 1.54) is 0 Å². The van der Waals surface area contributed by atoms with Gasteiger partial charge in [-0.25, -0.2) is 0 Å². The molecule has 0 aromatic heterocycles. The van der Waals surface area contributed by atoms with E-state index in [0.29, 0.717) is 0 Å². The Labute approximate surface area is 28.6 Å². The highest BCUT2D eigenvalue weighted by atomic mass is 15.5. The highest BCUT2D eigenvalue weighted by Crippen LogP contribution is 1.93. The lowest BCUT2D eigenvalue weighted by Crippen LogP contribution is -1.38. The molecule has 4 heteroatoms. The highest BCUT2D eigenvalue weighted by molar-refractivity contribution is 4.50. The van der Waals surface area contributed by atoms with Gasteiger partial charge < -0.3 is 0 Å². The first-order chi connectivity index (χ1) is 2.50. The molecule has 0 aliphatic carbocycles. The number of hydrogen-bond donors (Lipinski definition) is 0. The van der Waals surface area contributed by atoms with E-state index in [1.807, 2.05) is 0 Å². The molecule has 1 rings (SSSR count). The largest absolute Gasteiger partial charge is 0.301 e. The normalized spacial score (nSPS) is 17.6. The summed E-state index contributed by atoms with van der Waals surface area (Å²) in [6.07, 6.45) is 0. The average molecular weight is 68.0 g/mol. The zero-order valence-electron chi connectivity index (χ0n) is 2.29. The monoisotopic (exact) mass is 68.0 g/mol. The van der Waals surface area contributed by atoms with Crippen molar-refractivity contribution >= 4 is 0 Å². The van der Waals surface area contributed by atoms with Crippen molar-refractivity contribution < 1.29 is 0 Å². The Bertz CT molecular complexity index is 61.7. The van der Waals surface area contributed by atoms with Gasteiger partial charge in [-0.1, -0.05) is 0 Å². The summed E-state index contributed by atoms with van der Waals surface area (Å²) < 4.78 is 0. The van der Waals surface area contributed by atoms with Crippen molar-refractivity contribution in [3.63, 3.8) is 0 Å². The minimum Gasteiger partial charge on any atom is -0.124 e. The Balaban J connectivity index is 2.61. The summed E-state index contributed by atoms with van der Waals surface area (Å²) in [5, 5.41) is 12.4. The van der Waals surface area contributed by atoms with Gasteiger partial charge in [0.25, 0.3) is 0 Å². The van der Waals surface area contributed by atoms with Crippen LogP contribution in [0.15, 0.2) is 20.7 Å². The minimum absolute atomic E-state index is 2.14. The number of rotatable bonds is 0. The standard InChI is InChI=1S/CN4/c1-2-4-5-3-1. The highest BCUT2D eigenvalue weighted by Gasteiger charge is 1.81. The van der Waals surface area contributed by atoms with E-state index in [0.717, 1.165) is 0 Å². The summed E-state index contributed by atoms with van der Waals surface area (Å²) in [6.45, 7) is 2.14. The van der Waals surface area contributed by atoms with E-state index in [4.69, 9.17) is 0 Å². The van der Waals surface area contributed by atoms with Crippen molar-refractivity contribution in [1.29, 1.82) is 0 Å².